The predicted molar refractivity (Wildman–Crippen MR) is 404 cm³/mol. The zero-order chi connectivity index (χ0) is 78.8. The van der Waals surface area contributed by atoms with Crippen molar-refractivity contribution in [2.45, 2.75) is 108 Å². The van der Waals surface area contributed by atoms with Crippen LogP contribution < -0.4 is 40.3 Å². The van der Waals surface area contributed by atoms with Crippen LogP contribution in [0.2, 0.25) is 0 Å². The van der Waals surface area contributed by atoms with Crippen LogP contribution in [-0.4, -0.2) is 162 Å². The minimum atomic E-state index is -3.61. The van der Waals surface area contributed by atoms with Crippen LogP contribution in [0.3, 0.4) is 0 Å². The van der Waals surface area contributed by atoms with Crippen molar-refractivity contribution >= 4 is 138 Å². The van der Waals surface area contributed by atoms with Crippen molar-refractivity contribution in [1.29, 1.82) is 0 Å². The monoisotopic (exact) mass is 1600 g/mol. The van der Waals surface area contributed by atoms with Crippen LogP contribution in [-0.2, 0) is 95.1 Å². The van der Waals surface area contributed by atoms with Gasteiger partial charge in [0.25, 0.3) is 5.91 Å². The fourth-order valence-electron chi connectivity index (χ4n) is 9.23. The molecular weight excluding hydrogens is 1510 g/mol. The number of ether oxygens (including phenoxy) is 5. The van der Waals surface area contributed by atoms with Crippen LogP contribution in [0, 0.1) is 38.4 Å². The first kappa shape index (κ1) is 98.1. The molecule has 4 aliphatic heterocycles. The minimum absolute atomic E-state index is 0. The summed E-state index contributed by atoms with van der Waals surface area (Å²) in [6.45, 7) is 29.8. The van der Waals surface area contributed by atoms with E-state index in [1.54, 1.807) is 64.3 Å². The van der Waals surface area contributed by atoms with E-state index < -0.39 is 108 Å². The van der Waals surface area contributed by atoms with Gasteiger partial charge in [-0.3, -0.25) is 18.8 Å². The molecule has 0 unspecified atom stereocenters. The van der Waals surface area contributed by atoms with E-state index >= 15 is 0 Å². The second-order valence-electron chi connectivity index (χ2n) is 21.1. The van der Waals surface area contributed by atoms with Gasteiger partial charge in [0.15, 0.2) is 41.1 Å². The fourth-order valence-corrected chi connectivity index (χ4v) is 13.4. The number of nitrogens with one attached hydrogen (secondary N) is 1. The van der Waals surface area contributed by atoms with Gasteiger partial charge >= 0.3 is 60.6 Å². The molecule has 4 aliphatic rings. The van der Waals surface area contributed by atoms with Gasteiger partial charge in [-0.25, -0.2) is 63.4 Å². The summed E-state index contributed by atoms with van der Waals surface area (Å²) in [6, 6.07) is 23.2. The van der Waals surface area contributed by atoms with Crippen LogP contribution in [0.5, 0.6) is 0 Å². The van der Waals surface area contributed by atoms with Crippen molar-refractivity contribution in [1.82, 2.24) is 5.32 Å². The third-order valence-corrected chi connectivity index (χ3v) is 19.5. The smallest absolute Gasteiger partial charge is 0.796 e. The summed E-state index contributed by atoms with van der Waals surface area (Å²) in [5.41, 5.74) is 4.56. The molecule has 570 valence electrons. The molecule has 4 heterocycles. The molecule has 1 saturated heterocycles. The Kier molecular flexibility index (Phi) is 46.2. The van der Waals surface area contributed by atoms with Gasteiger partial charge in [-0.05, 0) is 132 Å². The molecule has 0 bridgehead atoms. The Morgan fingerprint density at radius 1 is 0.745 bits per heavy atom. The van der Waals surface area contributed by atoms with E-state index in [4.69, 9.17) is 41.7 Å². The van der Waals surface area contributed by atoms with Gasteiger partial charge in [0, 0.05) is 59.1 Å². The Labute approximate surface area is 661 Å². The van der Waals surface area contributed by atoms with E-state index in [1.807, 2.05) is 6.26 Å². The Hall–Kier alpha value is -7.86. The number of esters is 4. The van der Waals surface area contributed by atoms with Gasteiger partial charge in [0.1, 0.15) is 30.0 Å². The first-order chi connectivity index (χ1) is 49.2. The first-order valence-electron chi connectivity index (χ1n) is 31.2. The summed E-state index contributed by atoms with van der Waals surface area (Å²) in [7, 11) is -8.81. The number of nitrogens with zero attached hydrogens (tertiary/aromatic N) is 3. The van der Waals surface area contributed by atoms with Crippen LogP contribution in [0.15, 0.2) is 123 Å². The van der Waals surface area contributed by atoms with Crippen molar-refractivity contribution in [3.63, 3.8) is 0 Å². The van der Waals surface area contributed by atoms with Gasteiger partial charge in [-0.15, -0.1) is 11.8 Å². The summed E-state index contributed by atoms with van der Waals surface area (Å²) in [5, 5.41) is 21.6. The fraction of sp³-hybridized carbons (Fsp3) is 0.352. The number of ketones is 2. The number of hydrogen-bond acceptors (Lipinski definition) is 23. The topological polar surface area (TPSA) is 343 Å². The summed E-state index contributed by atoms with van der Waals surface area (Å²) in [5.74, 6) is -5.55. The van der Waals surface area contributed by atoms with Crippen molar-refractivity contribution < 1.29 is 138 Å². The first-order valence-corrected chi connectivity index (χ1v) is 37.0. The molecule has 106 heavy (non-hydrogen) atoms. The molecule has 0 saturated carbocycles. The number of rotatable bonds is 12. The number of carbonyl (C=O) groups excluding carboxylic acids is 7. The number of halogens is 2. The molecule has 3 N–H and O–H groups in total. The molecule has 1 amide bonds. The number of Topliss-reactive ketones (excluding diaryl/α,β-unsaturated/α-hetero) is 2. The van der Waals surface area contributed by atoms with Crippen molar-refractivity contribution in [3.05, 3.63) is 199 Å². The standard InChI is InChI=1S/C23H24BNO8S.C10H9NO4S.C10H9NO2S.C9H6FNO2.C9H8O4S.C4H8O.C2H6.CH3F.CH4S.2CH4.Na.H2S/c1-12(2)21(25-22(27)16-6-5-15-10-33-24(29)20(15)13(16)3)23(28)32-9-14-4-7-19-17(8-14)18(26)11-34(19,30)31;1-11-8-6-7(10(12)15-2)4-5-9(8)16(3,13)14;1-11-8-6-7(10(12)13-2)4-5-9(8)14-3;1-11-8-5-6(9(12)13-2)3-4-7(8)10;10-4-6-1-2-9-7(3-6)8(11)5-14(9,12)13;1-2-4-5-3-1;3*1-2;;;;/h4-8,12,21,29H,9-11H2,1-3H3,(H,25,27);4-6H,2-3H3;4-6H,2-3H3;3-5H,2H3;1-3,10H,4-5H2;1-4H2;1-2H3;1H3;2H,1H3;2*1H4;;1H2/q;;;;;;;;;;;+1;/p-1/t21-;;;;;;;;;;;;/m0............/s1/i;;;;;;2*1D;;;;;. The number of fused-ring (bicyclic) bond motifs is 3. The molecule has 0 spiro atoms. The molecule has 35 heteroatoms. The van der Waals surface area contributed by atoms with E-state index in [0.29, 0.717) is 45.9 Å². The third kappa shape index (κ3) is 29.0. The van der Waals surface area contributed by atoms with E-state index in [0.717, 1.165) is 42.1 Å². The number of aliphatic hydroxyl groups is 1. The summed E-state index contributed by atoms with van der Waals surface area (Å²) >= 11 is 5.57. The van der Waals surface area contributed by atoms with Crippen LogP contribution in [0.25, 0.3) is 14.5 Å². The zero-order valence-corrected chi connectivity index (χ0v) is 65.7. The Morgan fingerprint density at radius 3 is 1.61 bits per heavy atom. The number of amides is 1. The van der Waals surface area contributed by atoms with E-state index in [1.165, 1.54) is 107 Å². The molecule has 6 aromatic carbocycles. The largest absolute Gasteiger partial charge is 1.00 e. The van der Waals surface area contributed by atoms with Gasteiger partial charge in [0.05, 0.1) is 77.5 Å². The Morgan fingerprint density at radius 2 is 1.19 bits per heavy atom. The summed E-state index contributed by atoms with van der Waals surface area (Å²) < 4.78 is 133. The number of alkyl halides is 1. The molecule has 10 rings (SSSR count). The summed E-state index contributed by atoms with van der Waals surface area (Å²) in [6.07, 6.45) is 7.04. The molecule has 0 aromatic heterocycles. The number of sulfone groups is 3. The zero-order valence-electron chi connectivity index (χ0n) is 60.6. The molecule has 0 radical (unpaired) electrons. The molecule has 0 aliphatic carbocycles. The van der Waals surface area contributed by atoms with E-state index in [-0.39, 0.29) is 132 Å². The van der Waals surface area contributed by atoms with Crippen molar-refractivity contribution in [2.24, 2.45) is 5.92 Å². The quantitative estimate of drug-likeness (QED) is 0.0260. The average Bonchev–Trinajstić information content (AvgIpc) is 1.63. The average molecular weight is 1600 g/mol. The summed E-state index contributed by atoms with van der Waals surface area (Å²) in [4.78, 5) is 92.5. The second kappa shape index (κ2) is 49.9. The Bertz CT molecular complexity index is 4550. The predicted octanol–water partition coefficient (Wildman–Crippen LogP) is 8.13. The molecule has 1 atom stereocenters. The molecule has 6 aromatic rings. The maximum Gasteiger partial charge on any atom is 1.00 e. The number of carbonyl (C=O) groups is 7. The number of hydrogen-bond donors (Lipinski definition) is 3. The maximum atomic E-state index is 13.0. The van der Waals surface area contributed by atoms with Gasteiger partial charge in [-0.1, -0.05) is 72.9 Å². The van der Waals surface area contributed by atoms with E-state index in [2.05, 4.69) is 46.7 Å². The van der Waals surface area contributed by atoms with Gasteiger partial charge in [-0.2, -0.15) is 19.8 Å². The molecule has 1 fully saturated rings. The van der Waals surface area contributed by atoms with Crippen LogP contribution in [0.1, 0.15) is 143 Å². The van der Waals surface area contributed by atoms with Crippen LogP contribution >= 0.6 is 25.3 Å². The molecule has 25 nitrogen and oxygen atoms in total. The van der Waals surface area contributed by atoms with Crippen LogP contribution in [0.4, 0.5) is 25.8 Å². The SMILES string of the molecule is C.C.C1CCOC1.C[S-].Cc1c(C(=O)N[C@H](C(=O)OCc2ccc3c(c2)C(=O)CS3(=O)=O)C(C)C)ccc2c1B(O)OC2.O=C1CS(=O)(=O)c2ccc(CO)cc21.S.[2H]CC.[2H]CF.[C-]#[N+]c1cc(C(=O)OC)ccc1F.[C-]#[N+]c1cc(C(=O)OC)ccc1S(C)(=O)=O.[C-]#[N+]c1cc(C(=O)OC)ccc1SC.[Na+]. The normalized spacial score (nSPS) is 13.3. The van der Waals surface area contributed by atoms with Gasteiger partial charge < -0.3 is 56.4 Å². The maximum absolute atomic E-state index is 13.0. The molecular formula is C71H86BF2N4NaO21S6. The number of benzene rings is 6. The van der Waals surface area contributed by atoms with E-state index in [9.17, 15) is 72.6 Å². The number of methoxy groups -OCH3 is 3. The Balaban J connectivity index is -0.00000128. The minimum Gasteiger partial charge on any atom is -0.796 e. The van der Waals surface area contributed by atoms with Crippen molar-refractivity contribution in [3.8, 4) is 0 Å². The second-order valence-corrected chi connectivity index (χ2v) is 27.8. The van der Waals surface area contributed by atoms with Crippen molar-refractivity contribution in [2.75, 3.05) is 72.0 Å². The third-order valence-electron chi connectivity index (χ3n) is 14.2. The van der Waals surface area contributed by atoms with Gasteiger partial charge in [0.2, 0.25) is 17.1 Å². The number of aliphatic hydroxyl groups excluding tert-OH is 1. The number of thioether (sulfide) groups is 1.